The van der Waals surface area contributed by atoms with Crippen molar-refractivity contribution < 1.29 is 19.4 Å². The number of carboxylic acid groups (broad SMARTS) is 1. The molecule has 2 aliphatic heterocycles. The highest BCUT2D eigenvalue weighted by atomic mass is 32.2. The molecule has 1 atom stereocenters. The highest BCUT2D eigenvalue weighted by Crippen LogP contribution is 2.25. The SMILES string of the molecule is O=C(O)C1COC(=O)N1CC1CCSCC1. The van der Waals surface area contributed by atoms with Gasteiger partial charge in [0.1, 0.15) is 6.61 Å². The van der Waals surface area contributed by atoms with Gasteiger partial charge in [-0.2, -0.15) is 11.8 Å². The average Bonchev–Trinajstić information content (AvgIpc) is 2.62. The molecular weight excluding hydrogens is 230 g/mol. The quantitative estimate of drug-likeness (QED) is 0.804. The van der Waals surface area contributed by atoms with Crippen molar-refractivity contribution in [2.24, 2.45) is 5.92 Å². The Morgan fingerprint density at radius 3 is 2.81 bits per heavy atom. The molecule has 0 aromatic heterocycles. The van der Waals surface area contributed by atoms with Crippen molar-refractivity contribution in [1.29, 1.82) is 0 Å². The predicted octanol–water partition coefficient (Wildman–Crippen LogP) is 1.04. The van der Waals surface area contributed by atoms with Crippen LogP contribution in [0.15, 0.2) is 0 Å². The van der Waals surface area contributed by atoms with E-state index in [1.54, 1.807) is 0 Å². The molecule has 0 spiro atoms. The summed E-state index contributed by atoms with van der Waals surface area (Å²) in [5, 5.41) is 8.95. The lowest BCUT2D eigenvalue weighted by Crippen LogP contribution is -2.42. The zero-order chi connectivity index (χ0) is 11.5. The molecule has 0 bridgehead atoms. The minimum absolute atomic E-state index is 0.0182. The van der Waals surface area contributed by atoms with E-state index in [0.29, 0.717) is 12.5 Å². The van der Waals surface area contributed by atoms with Gasteiger partial charge in [-0.15, -0.1) is 0 Å². The van der Waals surface area contributed by atoms with Crippen LogP contribution in [0, 0.1) is 5.92 Å². The van der Waals surface area contributed by atoms with E-state index < -0.39 is 18.1 Å². The molecule has 1 N–H and O–H groups in total. The molecule has 16 heavy (non-hydrogen) atoms. The zero-order valence-electron chi connectivity index (χ0n) is 8.92. The number of carbonyl (C=O) groups excluding carboxylic acids is 1. The minimum Gasteiger partial charge on any atom is -0.480 e. The third-order valence-corrected chi connectivity index (χ3v) is 4.10. The smallest absolute Gasteiger partial charge is 0.410 e. The van der Waals surface area contributed by atoms with Crippen LogP contribution in [0.1, 0.15) is 12.8 Å². The molecule has 90 valence electrons. The second-order valence-electron chi connectivity index (χ2n) is 4.14. The maximum atomic E-state index is 11.4. The lowest BCUT2D eigenvalue weighted by molar-refractivity contribution is -0.141. The first-order valence-electron chi connectivity index (χ1n) is 5.42. The lowest BCUT2D eigenvalue weighted by atomic mass is 10.0. The van der Waals surface area contributed by atoms with Crippen molar-refractivity contribution in [3.63, 3.8) is 0 Å². The van der Waals surface area contributed by atoms with Gasteiger partial charge >= 0.3 is 12.1 Å². The molecule has 6 heteroatoms. The average molecular weight is 245 g/mol. The molecule has 0 radical (unpaired) electrons. The molecule has 1 amide bonds. The number of carboxylic acids is 1. The van der Waals surface area contributed by atoms with Crippen molar-refractivity contribution >= 4 is 23.8 Å². The first-order valence-corrected chi connectivity index (χ1v) is 6.58. The Labute approximate surface area is 98.1 Å². The Hall–Kier alpha value is -0.910. The van der Waals surface area contributed by atoms with Crippen LogP contribution in [-0.2, 0) is 9.53 Å². The Balaban J connectivity index is 1.95. The standard InChI is InChI=1S/C10H15NO4S/c12-9(13)8-6-15-10(14)11(8)5-7-1-3-16-4-2-7/h7-8H,1-6H2,(H,12,13). The topological polar surface area (TPSA) is 66.8 Å². The van der Waals surface area contributed by atoms with E-state index in [1.165, 1.54) is 4.90 Å². The molecular formula is C10H15NO4S. The molecule has 0 aromatic carbocycles. The highest BCUT2D eigenvalue weighted by molar-refractivity contribution is 7.99. The van der Waals surface area contributed by atoms with E-state index in [1.807, 2.05) is 11.8 Å². The summed E-state index contributed by atoms with van der Waals surface area (Å²) >= 11 is 1.91. The molecule has 1 unspecified atom stereocenters. The summed E-state index contributed by atoms with van der Waals surface area (Å²) < 4.78 is 4.78. The summed E-state index contributed by atoms with van der Waals surface area (Å²) in [4.78, 5) is 23.7. The van der Waals surface area contributed by atoms with Gasteiger partial charge in [-0.05, 0) is 30.3 Å². The Kier molecular flexibility index (Phi) is 3.58. The van der Waals surface area contributed by atoms with Crippen LogP contribution in [0.5, 0.6) is 0 Å². The molecule has 0 aromatic rings. The van der Waals surface area contributed by atoms with Gasteiger partial charge in [0.25, 0.3) is 0 Å². The van der Waals surface area contributed by atoms with Crippen molar-refractivity contribution in [3.8, 4) is 0 Å². The monoisotopic (exact) mass is 245 g/mol. The van der Waals surface area contributed by atoms with E-state index >= 15 is 0 Å². The van der Waals surface area contributed by atoms with Gasteiger partial charge in [-0.1, -0.05) is 0 Å². The number of hydrogen-bond acceptors (Lipinski definition) is 4. The number of carbonyl (C=O) groups is 2. The fourth-order valence-corrected chi connectivity index (χ4v) is 3.27. The number of thioether (sulfide) groups is 1. The van der Waals surface area contributed by atoms with Crippen molar-refractivity contribution in [3.05, 3.63) is 0 Å². The van der Waals surface area contributed by atoms with Gasteiger partial charge in [0, 0.05) is 6.54 Å². The summed E-state index contributed by atoms with van der Waals surface area (Å²) in [5.74, 6) is 1.65. The summed E-state index contributed by atoms with van der Waals surface area (Å²) in [6.45, 7) is 0.506. The summed E-state index contributed by atoms with van der Waals surface area (Å²) in [5.41, 5.74) is 0. The number of cyclic esters (lactones) is 1. The van der Waals surface area contributed by atoms with Crippen molar-refractivity contribution in [2.75, 3.05) is 24.7 Å². The fraction of sp³-hybridized carbons (Fsp3) is 0.800. The molecule has 5 nitrogen and oxygen atoms in total. The van der Waals surface area contributed by atoms with Gasteiger partial charge in [0.05, 0.1) is 0 Å². The van der Waals surface area contributed by atoms with Gasteiger partial charge in [0.2, 0.25) is 0 Å². The molecule has 0 aliphatic carbocycles. The molecule has 2 heterocycles. The van der Waals surface area contributed by atoms with Gasteiger partial charge < -0.3 is 9.84 Å². The van der Waals surface area contributed by atoms with Gasteiger partial charge in [0.15, 0.2) is 6.04 Å². The summed E-state index contributed by atoms with van der Waals surface area (Å²) in [6, 6.07) is -0.790. The molecule has 2 fully saturated rings. The summed E-state index contributed by atoms with van der Waals surface area (Å²) in [7, 11) is 0. The van der Waals surface area contributed by atoms with Gasteiger partial charge in [-0.3, -0.25) is 4.90 Å². The second-order valence-corrected chi connectivity index (χ2v) is 5.36. The summed E-state index contributed by atoms with van der Waals surface area (Å²) in [6.07, 6.45) is 1.63. The van der Waals surface area contributed by atoms with Crippen LogP contribution in [0.2, 0.25) is 0 Å². The Morgan fingerprint density at radius 2 is 2.19 bits per heavy atom. The fourth-order valence-electron chi connectivity index (χ4n) is 2.06. The molecule has 2 saturated heterocycles. The van der Waals surface area contributed by atoms with Gasteiger partial charge in [-0.25, -0.2) is 9.59 Å². The van der Waals surface area contributed by atoms with E-state index in [2.05, 4.69) is 0 Å². The largest absolute Gasteiger partial charge is 0.480 e. The van der Waals surface area contributed by atoms with E-state index in [-0.39, 0.29) is 6.61 Å². The second kappa shape index (κ2) is 4.95. The van der Waals surface area contributed by atoms with Crippen LogP contribution in [0.3, 0.4) is 0 Å². The number of nitrogens with zero attached hydrogens (tertiary/aromatic N) is 1. The third-order valence-electron chi connectivity index (χ3n) is 3.06. The van der Waals surface area contributed by atoms with E-state index in [9.17, 15) is 9.59 Å². The normalized spacial score (nSPS) is 26.9. The highest BCUT2D eigenvalue weighted by Gasteiger charge is 2.39. The van der Waals surface area contributed by atoms with Crippen molar-refractivity contribution in [1.82, 2.24) is 4.90 Å². The number of ether oxygens (including phenoxy) is 1. The number of rotatable bonds is 3. The first-order chi connectivity index (χ1) is 7.68. The van der Waals surface area contributed by atoms with Crippen LogP contribution >= 0.6 is 11.8 Å². The molecule has 0 saturated carbocycles. The van der Waals surface area contributed by atoms with Crippen molar-refractivity contribution in [2.45, 2.75) is 18.9 Å². The molecule has 2 aliphatic rings. The predicted molar refractivity (Wildman–Crippen MR) is 59.5 cm³/mol. The van der Waals surface area contributed by atoms with Crippen LogP contribution in [-0.4, -0.2) is 52.8 Å². The first kappa shape index (κ1) is 11.6. The maximum Gasteiger partial charge on any atom is 0.410 e. The van der Waals surface area contributed by atoms with Crippen LogP contribution in [0.25, 0.3) is 0 Å². The maximum absolute atomic E-state index is 11.4. The van der Waals surface area contributed by atoms with Crippen LogP contribution in [0.4, 0.5) is 4.79 Å². The van der Waals surface area contributed by atoms with E-state index in [4.69, 9.17) is 9.84 Å². The van der Waals surface area contributed by atoms with E-state index in [0.717, 1.165) is 24.3 Å². The number of amides is 1. The Morgan fingerprint density at radius 1 is 1.50 bits per heavy atom. The van der Waals surface area contributed by atoms with Crippen LogP contribution < -0.4 is 0 Å². The lowest BCUT2D eigenvalue weighted by Gasteiger charge is -2.27. The third kappa shape index (κ3) is 2.42. The minimum atomic E-state index is -0.976. The number of hydrogen-bond donors (Lipinski definition) is 1. The zero-order valence-corrected chi connectivity index (χ0v) is 9.74. The number of aliphatic carboxylic acids is 1. The molecule has 2 rings (SSSR count). The Bertz CT molecular complexity index is 291.